The summed E-state index contributed by atoms with van der Waals surface area (Å²) in [6, 6.07) is 4.12. The zero-order valence-corrected chi connectivity index (χ0v) is 12.3. The molecule has 0 aliphatic carbocycles. The van der Waals surface area contributed by atoms with E-state index in [1.54, 1.807) is 0 Å². The molecule has 0 saturated carbocycles. The summed E-state index contributed by atoms with van der Waals surface area (Å²) < 4.78 is 6.15. The van der Waals surface area contributed by atoms with E-state index in [1.165, 1.54) is 5.56 Å². The largest absolute Gasteiger partial charge is 0.413 e. The first-order valence-corrected chi connectivity index (χ1v) is 8.69. The molecule has 0 spiro atoms. The van der Waals surface area contributed by atoms with Crippen molar-refractivity contribution in [2.75, 3.05) is 0 Å². The topological polar surface area (TPSA) is 22.1 Å². The molecule has 0 N–H and O–H groups in total. The van der Waals surface area contributed by atoms with Crippen LogP contribution in [0.2, 0.25) is 18.1 Å². The van der Waals surface area contributed by atoms with E-state index in [9.17, 15) is 0 Å². The van der Waals surface area contributed by atoms with Gasteiger partial charge in [0, 0.05) is 11.9 Å². The Morgan fingerprint density at radius 3 is 2.44 bits per heavy atom. The second-order valence-corrected chi connectivity index (χ2v) is 10.7. The average molecular weight is 237 g/mol. The van der Waals surface area contributed by atoms with E-state index in [1.807, 2.05) is 19.2 Å². The van der Waals surface area contributed by atoms with Gasteiger partial charge in [-0.2, -0.15) is 0 Å². The van der Waals surface area contributed by atoms with E-state index in [0.717, 1.165) is 5.69 Å². The number of nitrogens with zero attached hydrogens (tertiary/aromatic N) is 1. The summed E-state index contributed by atoms with van der Waals surface area (Å²) in [7, 11) is -1.63. The lowest BCUT2D eigenvalue weighted by atomic mass is 10.2. The monoisotopic (exact) mass is 237 g/mol. The average Bonchev–Trinajstić information content (AvgIpc) is 2.13. The minimum atomic E-state index is -1.63. The molecule has 90 valence electrons. The Morgan fingerprint density at radius 1 is 1.31 bits per heavy atom. The van der Waals surface area contributed by atoms with Crippen molar-refractivity contribution in [1.82, 2.24) is 4.98 Å². The van der Waals surface area contributed by atoms with Gasteiger partial charge in [0.15, 0.2) is 8.32 Å². The van der Waals surface area contributed by atoms with Gasteiger partial charge in [0.1, 0.15) is 0 Å². The van der Waals surface area contributed by atoms with E-state index in [2.05, 4.69) is 44.9 Å². The summed E-state index contributed by atoms with van der Waals surface area (Å²) >= 11 is 0. The van der Waals surface area contributed by atoms with Gasteiger partial charge in [-0.15, -0.1) is 0 Å². The third-order valence-corrected chi connectivity index (χ3v) is 7.85. The van der Waals surface area contributed by atoms with Crippen molar-refractivity contribution in [3.8, 4) is 0 Å². The fourth-order valence-corrected chi connectivity index (χ4v) is 2.13. The van der Waals surface area contributed by atoms with Crippen molar-refractivity contribution in [2.45, 2.75) is 52.4 Å². The lowest BCUT2D eigenvalue weighted by Crippen LogP contribution is -2.40. The van der Waals surface area contributed by atoms with Crippen LogP contribution in [-0.4, -0.2) is 13.3 Å². The van der Waals surface area contributed by atoms with Gasteiger partial charge in [-0.25, -0.2) is 0 Å². The predicted octanol–water partition coefficient (Wildman–Crippen LogP) is 3.91. The molecular formula is C13H23NOSi. The molecule has 1 aromatic rings. The highest BCUT2D eigenvalue weighted by molar-refractivity contribution is 6.74. The van der Waals surface area contributed by atoms with Gasteiger partial charge >= 0.3 is 0 Å². The van der Waals surface area contributed by atoms with Crippen molar-refractivity contribution in [3.63, 3.8) is 0 Å². The summed E-state index contributed by atoms with van der Waals surface area (Å²) in [6.07, 6.45) is 1.85. The number of aryl methyl sites for hydroxylation is 1. The maximum Gasteiger partial charge on any atom is 0.192 e. The Hall–Kier alpha value is -0.673. The summed E-state index contributed by atoms with van der Waals surface area (Å²) in [5, 5.41) is 0.273. The molecule has 0 atom stereocenters. The van der Waals surface area contributed by atoms with Crippen molar-refractivity contribution in [3.05, 3.63) is 29.6 Å². The molecule has 0 bridgehead atoms. The molecule has 0 fully saturated rings. The maximum absolute atomic E-state index is 6.15. The molecule has 1 rings (SSSR count). The van der Waals surface area contributed by atoms with Gasteiger partial charge in [0.25, 0.3) is 0 Å². The van der Waals surface area contributed by atoms with Crippen molar-refractivity contribution < 1.29 is 4.43 Å². The standard InChI is InChI=1S/C13H23NOSi/c1-11-9-12(7-8-14-11)10-15-16(5,6)13(2,3)4/h7-9H,10H2,1-6H3. The van der Waals surface area contributed by atoms with Gasteiger partial charge in [-0.3, -0.25) is 4.98 Å². The molecule has 1 heterocycles. The van der Waals surface area contributed by atoms with Crippen LogP contribution in [0.15, 0.2) is 18.3 Å². The van der Waals surface area contributed by atoms with Crippen LogP contribution in [-0.2, 0) is 11.0 Å². The maximum atomic E-state index is 6.15. The summed E-state index contributed by atoms with van der Waals surface area (Å²) in [5.74, 6) is 0. The third-order valence-electron chi connectivity index (χ3n) is 3.37. The molecule has 1 aromatic heterocycles. The molecule has 0 saturated heterocycles. The molecule has 0 aliphatic rings. The SMILES string of the molecule is Cc1cc(CO[Si](C)(C)C(C)(C)C)ccn1. The molecule has 2 nitrogen and oxygen atoms in total. The van der Waals surface area contributed by atoms with E-state index in [-0.39, 0.29) is 5.04 Å². The minimum absolute atomic E-state index is 0.273. The van der Waals surface area contributed by atoms with Crippen LogP contribution < -0.4 is 0 Å². The van der Waals surface area contributed by atoms with Gasteiger partial charge in [0.05, 0.1) is 6.61 Å². The third kappa shape index (κ3) is 3.42. The molecule has 0 aliphatic heterocycles. The van der Waals surface area contributed by atoms with Crippen molar-refractivity contribution in [2.24, 2.45) is 0 Å². The van der Waals surface area contributed by atoms with Gasteiger partial charge in [-0.1, -0.05) is 20.8 Å². The predicted molar refractivity (Wildman–Crippen MR) is 71.0 cm³/mol. The molecular weight excluding hydrogens is 214 g/mol. The zero-order valence-electron chi connectivity index (χ0n) is 11.3. The van der Waals surface area contributed by atoms with Gasteiger partial charge < -0.3 is 4.43 Å². The Bertz CT molecular complexity index is 355. The molecule has 0 amide bonds. The fourth-order valence-electron chi connectivity index (χ4n) is 1.17. The minimum Gasteiger partial charge on any atom is -0.413 e. The number of aromatic nitrogens is 1. The Kier molecular flexibility index (Phi) is 3.91. The van der Waals surface area contributed by atoms with Crippen LogP contribution in [0.25, 0.3) is 0 Å². The quantitative estimate of drug-likeness (QED) is 0.744. The first-order chi connectivity index (χ1) is 7.22. The lowest BCUT2D eigenvalue weighted by molar-refractivity contribution is 0.276. The first kappa shape index (κ1) is 13.4. The van der Waals surface area contributed by atoms with Crippen LogP contribution >= 0.6 is 0 Å². The van der Waals surface area contributed by atoms with Crippen LogP contribution in [0.5, 0.6) is 0 Å². The van der Waals surface area contributed by atoms with Crippen LogP contribution in [0.4, 0.5) is 0 Å². The first-order valence-electron chi connectivity index (χ1n) is 5.78. The van der Waals surface area contributed by atoms with Crippen LogP contribution in [0.1, 0.15) is 32.0 Å². The molecule has 0 radical (unpaired) electrons. The van der Waals surface area contributed by atoms with E-state index < -0.39 is 8.32 Å². The van der Waals surface area contributed by atoms with Gasteiger partial charge in [0.2, 0.25) is 0 Å². The van der Waals surface area contributed by atoms with E-state index in [0.29, 0.717) is 6.61 Å². The molecule has 0 aromatic carbocycles. The highest BCUT2D eigenvalue weighted by Gasteiger charge is 2.36. The number of hydrogen-bond acceptors (Lipinski definition) is 2. The van der Waals surface area contributed by atoms with E-state index in [4.69, 9.17) is 4.43 Å². The number of pyridine rings is 1. The summed E-state index contributed by atoms with van der Waals surface area (Å²) in [6.45, 7) is 14.1. The lowest BCUT2D eigenvalue weighted by Gasteiger charge is -2.36. The normalized spacial score (nSPS) is 12.9. The molecule has 0 unspecified atom stereocenters. The van der Waals surface area contributed by atoms with Crippen LogP contribution in [0, 0.1) is 6.92 Å². The number of rotatable bonds is 3. The molecule has 3 heteroatoms. The Labute approximate surface area is 100 Å². The Balaban J connectivity index is 2.65. The van der Waals surface area contributed by atoms with Crippen molar-refractivity contribution in [1.29, 1.82) is 0 Å². The summed E-state index contributed by atoms with van der Waals surface area (Å²) in [4.78, 5) is 4.19. The number of hydrogen-bond donors (Lipinski definition) is 0. The fraction of sp³-hybridized carbons (Fsp3) is 0.615. The highest BCUT2D eigenvalue weighted by atomic mass is 28.4. The Morgan fingerprint density at radius 2 is 1.94 bits per heavy atom. The molecule has 16 heavy (non-hydrogen) atoms. The highest BCUT2D eigenvalue weighted by Crippen LogP contribution is 2.36. The second kappa shape index (κ2) is 4.68. The van der Waals surface area contributed by atoms with Crippen molar-refractivity contribution >= 4 is 8.32 Å². The van der Waals surface area contributed by atoms with E-state index >= 15 is 0 Å². The van der Waals surface area contributed by atoms with Crippen LogP contribution in [0.3, 0.4) is 0 Å². The van der Waals surface area contributed by atoms with Gasteiger partial charge in [-0.05, 0) is 42.8 Å². The summed E-state index contributed by atoms with van der Waals surface area (Å²) in [5.41, 5.74) is 2.27. The zero-order chi connectivity index (χ0) is 12.4. The smallest absolute Gasteiger partial charge is 0.192 e. The second-order valence-electron chi connectivity index (χ2n) is 5.85.